The molecule has 1 heterocycles. The lowest BCUT2D eigenvalue weighted by Gasteiger charge is -2.24. The standard InChI is InChI=1S/C31H42N10O12/c32-18(5-8-26(46)47)27(48)40-21(10-16-12-35-14-37-16)30(51)41-22(11-24(34)44)28(49)36-13-25(45)38-20(9-15-1-3-17(42)4-2-15)29(50)39-19(31(52)53)6-7-23(33)43/h1-4,12,14,18-22,42H,5-11,13,32H2,(H2,33,43)(H2,34,44)(H,35,37)(H,36,49)(H,38,45)(H,39,50)(H,40,48)(H,41,51)(H,46,47)(H,52,53)/t18-,19-,20-,21-,22-/m0/s1. The summed E-state index contributed by atoms with van der Waals surface area (Å²) in [5.74, 6) is -9.49. The summed E-state index contributed by atoms with van der Waals surface area (Å²) in [7, 11) is 0. The summed E-state index contributed by atoms with van der Waals surface area (Å²) in [6, 6.07) is -1.88. The Bertz CT molecular complexity index is 1630. The minimum Gasteiger partial charge on any atom is -0.508 e. The molecule has 288 valence electrons. The second kappa shape index (κ2) is 20.9. The fraction of sp³-hybridized carbons (Fsp3) is 0.419. The number of nitrogens with two attached hydrogens (primary N) is 3. The highest BCUT2D eigenvalue weighted by atomic mass is 16.4. The summed E-state index contributed by atoms with van der Waals surface area (Å²) < 4.78 is 0. The molecule has 0 unspecified atom stereocenters. The maximum Gasteiger partial charge on any atom is 0.326 e. The van der Waals surface area contributed by atoms with Crippen LogP contribution in [0.15, 0.2) is 36.8 Å². The third-order valence-corrected chi connectivity index (χ3v) is 7.40. The number of carbonyl (C=O) groups excluding carboxylic acids is 7. The van der Waals surface area contributed by atoms with Crippen molar-refractivity contribution in [3.63, 3.8) is 0 Å². The Balaban J connectivity index is 2.17. The smallest absolute Gasteiger partial charge is 0.326 e. The number of nitrogens with one attached hydrogen (secondary N) is 6. The maximum absolute atomic E-state index is 13.3. The van der Waals surface area contributed by atoms with Crippen molar-refractivity contribution in [2.24, 2.45) is 17.2 Å². The number of carbonyl (C=O) groups is 9. The Hall–Kier alpha value is -6.58. The van der Waals surface area contributed by atoms with E-state index in [-0.39, 0.29) is 37.9 Å². The molecule has 0 aliphatic heterocycles. The molecule has 15 N–H and O–H groups in total. The number of aliphatic carboxylic acids is 2. The second-order valence-electron chi connectivity index (χ2n) is 11.7. The molecule has 5 atom stereocenters. The topological polar surface area (TPSA) is 381 Å². The highest BCUT2D eigenvalue weighted by Crippen LogP contribution is 2.12. The summed E-state index contributed by atoms with van der Waals surface area (Å²) in [4.78, 5) is 117. The van der Waals surface area contributed by atoms with Crippen molar-refractivity contribution >= 4 is 53.3 Å². The molecule has 2 aromatic rings. The fourth-order valence-electron chi connectivity index (χ4n) is 4.63. The van der Waals surface area contributed by atoms with E-state index < -0.39 is 103 Å². The lowest BCUT2D eigenvalue weighted by atomic mass is 10.0. The number of H-pyrrole nitrogens is 1. The van der Waals surface area contributed by atoms with Gasteiger partial charge in [0.2, 0.25) is 41.4 Å². The van der Waals surface area contributed by atoms with Gasteiger partial charge in [0.05, 0.1) is 25.3 Å². The Morgan fingerprint density at radius 2 is 1.32 bits per heavy atom. The number of aromatic hydroxyl groups is 1. The van der Waals surface area contributed by atoms with Crippen LogP contribution in [0.25, 0.3) is 0 Å². The van der Waals surface area contributed by atoms with Crippen LogP contribution in [0.5, 0.6) is 5.75 Å². The average Bonchev–Trinajstić information content (AvgIpc) is 3.60. The molecule has 0 radical (unpaired) electrons. The van der Waals surface area contributed by atoms with Crippen molar-refractivity contribution in [2.45, 2.75) is 75.2 Å². The zero-order valence-corrected chi connectivity index (χ0v) is 28.2. The summed E-state index contributed by atoms with van der Waals surface area (Å²) in [6.07, 6.45) is 0.0955. The predicted molar refractivity (Wildman–Crippen MR) is 180 cm³/mol. The van der Waals surface area contributed by atoms with Gasteiger partial charge in [-0.15, -0.1) is 0 Å². The van der Waals surface area contributed by atoms with Gasteiger partial charge in [-0.1, -0.05) is 12.1 Å². The summed E-state index contributed by atoms with van der Waals surface area (Å²) in [5, 5.41) is 39.4. The molecule has 1 aromatic heterocycles. The van der Waals surface area contributed by atoms with Crippen molar-refractivity contribution in [1.29, 1.82) is 0 Å². The molecular weight excluding hydrogens is 704 g/mol. The van der Waals surface area contributed by atoms with Gasteiger partial charge in [-0.25, -0.2) is 9.78 Å². The first-order valence-corrected chi connectivity index (χ1v) is 15.9. The zero-order valence-electron chi connectivity index (χ0n) is 28.2. The number of carboxylic acid groups (broad SMARTS) is 2. The minimum absolute atomic E-state index is 0.0918. The maximum atomic E-state index is 13.3. The highest BCUT2D eigenvalue weighted by molar-refractivity contribution is 5.97. The molecule has 22 nitrogen and oxygen atoms in total. The van der Waals surface area contributed by atoms with Crippen molar-refractivity contribution in [1.82, 2.24) is 36.6 Å². The number of hydrogen-bond acceptors (Lipinski definition) is 12. The minimum atomic E-state index is -1.67. The largest absolute Gasteiger partial charge is 0.508 e. The number of aromatic nitrogens is 2. The van der Waals surface area contributed by atoms with Crippen LogP contribution in [0, 0.1) is 0 Å². The molecule has 0 spiro atoms. The van der Waals surface area contributed by atoms with E-state index in [0.717, 1.165) is 0 Å². The van der Waals surface area contributed by atoms with Gasteiger partial charge < -0.3 is 64.1 Å². The van der Waals surface area contributed by atoms with E-state index in [4.69, 9.17) is 22.3 Å². The van der Waals surface area contributed by atoms with E-state index in [1.54, 1.807) is 0 Å². The highest BCUT2D eigenvalue weighted by Gasteiger charge is 2.31. The first-order chi connectivity index (χ1) is 24.9. The summed E-state index contributed by atoms with van der Waals surface area (Å²) >= 11 is 0. The van der Waals surface area contributed by atoms with Crippen LogP contribution in [-0.2, 0) is 56.0 Å². The Labute approximate surface area is 301 Å². The van der Waals surface area contributed by atoms with Gasteiger partial charge in [0.1, 0.15) is 29.9 Å². The number of amides is 7. The normalized spacial score (nSPS) is 13.5. The van der Waals surface area contributed by atoms with Gasteiger partial charge in [0, 0.05) is 37.6 Å². The van der Waals surface area contributed by atoms with Gasteiger partial charge in [0.15, 0.2) is 0 Å². The predicted octanol–water partition coefficient (Wildman–Crippen LogP) is -4.63. The number of hydrogen-bond donors (Lipinski definition) is 12. The van der Waals surface area contributed by atoms with Crippen LogP contribution < -0.4 is 43.8 Å². The third-order valence-electron chi connectivity index (χ3n) is 7.40. The van der Waals surface area contributed by atoms with Crippen LogP contribution in [0.2, 0.25) is 0 Å². The molecule has 0 aliphatic rings. The monoisotopic (exact) mass is 746 g/mol. The van der Waals surface area contributed by atoms with Crippen LogP contribution in [-0.4, -0.2) is 115 Å². The second-order valence-corrected chi connectivity index (χ2v) is 11.7. The van der Waals surface area contributed by atoms with Crippen molar-refractivity contribution in [3.8, 4) is 5.75 Å². The van der Waals surface area contributed by atoms with Gasteiger partial charge in [-0.3, -0.25) is 38.4 Å². The number of rotatable bonds is 23. The number of imidazole rings is 1. The number of primary amides is 2. The third kappa shape index (κ3) is 15.9. The molecule has 7 amide bonds. The van der Waals surface area contributed by atoms with Crippen LogP contribution in [0.1, 0.15) is 43.4 Å². The molecule has 1 aromatic carbocycles. The van der Waals surface area contributed by atoms with Crippen LogP contribution >= 0.6 is 0 Å². The van der Waals surface area contributed by atoms with E-state index in [1.165, 1.54) is 36.8 Å². The van der Waals surface area contributed by atoms with Crippen molar-refractivity contribution in [3.05, 3.63) is 48.0 Å². The molecule has 0 saturated carbocycles. The van der Waals surface area contributed by atoms with Gasteiger partial charge >= 0.3 is 11.9 Å². The van der Waals surface area contributed by atoms with Crippen LogP contribution in [0.3, 0.4) is 0 Å². The van der Waals surface area contributed by atoms with Crippen LogP contribution in [0.4, 0.5) is 0 Å². The number of nitrogens with zero attached hydrogens (tertiary/aromatic N) is 1. The zero-order chi connectivity index (χ0) is 39.7. The van der Waals surface area contributed by atoms with Crippen molar-refractivity contribution < 1.29 is 58.5 Å². The molecule has 53 heavy (non-hydrogen) atoms. The van der Waals surface area contributed by atoms with Gasteiger partial charge in [-0.05, 0) is 30.5 Å². The average molecular weight is 747 g/mol. The quantitative estimate of drug-likeness (QED) is 0.0509. The fourth-order valence-corrected chi connectivity index (χ4v) is 4.63. The van der Waals surface area contributed by atoms with E-state index in [9.17, 15) is 53.4 Å². The van der Waals surface area contributed by atoms with Gasteiger partial charge in [0.25, 0.3) is 0 Å². The first kappa shape index (κ1) is 42.6. The number of carboxylic acids is 2. The van der Waals surface area contributed by atoms with Crippen molar-refractivity contribution in [2.75, 3.05) is 6.54 Å². The van der Waals surface area contributed by atoms with E-state index in [2.05, 4.69) is 36.6 Å². The number of phenols is 1. The van der Waals surface area contributed by atoms with E-state index in [1.807, 2.05) is 0 Å². The lowest BCUT2D eigenvalue weighted by Crippen LogP contribution is -2.58. The number of phenolic OH excluding ortho intramolecular Hbond substituents is 1. The molecule has 0 aliphatic carbocycles. The molecule has 0 fully saturated rings. The Morgan fingerprint density at radius 1 is 0.717 bits per heavy atom. The van der Waals surface area contributed by atoms with E-state index in [0.29, 0.717) is 11.3 Å². The molecule has 0 saturated heterocycles. The summed E-state index contributed by atoms with van der Waals surface area (Å²) in [6.45, 7) is -0.819. The Morgan fingerprint density at radius 3 is 1.87 bits per heavy atom. The molecule has 2 rings (SSSR count). The Kier molecular flexibility index (Phi) is 16.8. The van der Waals surface area contributed by atoms with E-state index >= 15 is 0 Å². The number of aromatic amines is 1. The molecule has 22 heteroatoms. The number of benzene rings is 1. The molecule has 0 bridgehead atoms. The first-order valence-electron chi connectivity index (χ1n) is 15.9. The lowest BCUT2D eigenvalue weighted by molar-refractivity contribution is -0.142. The molecular formula is C31H42N10O12. The summed E-state index contributed by atoms with van der Waals surface area (Å²) in [5.41, 5.74) is 16.9. The SMILES string of the molecule is NC(=O)CC[C@H](NC(=O)[C@H](Cc1ccc(O)cc1)NC(=O)CNC(=O)[C@H](CC(N)=O)NC(=O)[C@H](Cc1cnc[nH]1)NC(=O)[C@@H](N)CCC(=O)O)C(=O)O. The van der Waals surface area contributed by atoms with Gasteiger partial charge in [-0.2, -0.15) is 0 Å².